The number of ketones is 1. The van der Waals surface area contributed by atoms with Crippen LogP contribution in [0.2, 0.25) is 0 Å². The molecular weight excluding hydrogens is 260 g/mol. The average Bonchev–Trinajstić information content (AvgIpc) is 2.83. The minimum Gasteiger partial charge on any atom is -0.293 e. The first-order valence-electron chi connectivity index (χ1n) is 5.68. The number of carbonyl (C=O) groups is 1. The Labute approximate surface area is 113 Å². The first kappa shape index (κ1) is 11.9. The number of hydrogen-bond donors (Lipinski definition) is 0. The molecule has 0 atom stereocenters. The van der Waals surface area contributed by atoms with Gasteiger partial charge in [0.2, 0.25) is 0 Å². The number of Topliss-reactive ketones (excluding diaryl/α,β-unsaturated/α-hetero) is 1. The highest BCUT2D eigenvalue weighted by Gasteiger charge is 2.07. The molecule has 3 aromatic heterocycles. The van der Waals surface area contributed by atoms with Crippen molar-refractivity contribution in [1.82, 2.24) is 19.6 Å². The van der Waals surface area contributed by atoms with E-state index in [-0.39, 0.29) is 5.78 Å². The maximum Gasteiger partial charge on any atom is 0.200 e. The van der Waals surface area contributed by atoms with Crippen molar-refractivity contribution < 1.29 is 4.79 Å². The summed E-state index contributed by atoms with van der Waals surface area (Å²) in [7, 11) is 0. The topological polar surface area (TPSA) is 60.2 Å². The Morgan fingerprint density at radius 1 is 1.21 bits per heavy atom. The van der Waals surface area contributed by atoms with E-state index in [0.717, 1.165) is 15.7 Å². The molecule has 0 saturated carbocycles. The third kappa shape index (κ3) is 2.34. The van der Waals surface area contributed by atoms with E-state index < -0.39 is 0 Å². The summed E-state index contributed by atoms with van der Waals surface area (Å²) >= 11 is 1.46. The molecule has 3 rings (SSSR count). The van der Waals surface area contributed by atoms with Gasteiger partial charge in [-0.25, -0.2) is 0 Å². The molecule has 0 spiro atoms. The number of hydrogen-bond acceptors (Lipinski definition) is 5. The van der Waals surface area contributed by atoms with E-state index in [1.807, 2.05) is 34.9 Å². The summed E-state index contributed by atoms with van der Waals surface area (Å²) < 4.78 is 1.91. The molecule has 0 saturated heterocycles. The number of carbonyl (C=O) groups excluding carboxylic acids is 1. The minimum atomic E-state index is -0.0375. The summed E-state index contributed by atoms with van der Waals surface area (Å²) in [5, 5.41) is 8.98. The fourth-order valence-electron chi connectivity index (χ4n) is 1.64. The number of rotatable bonds is 3. The first-order chi connectivity index (χ1) is 9.24. The van der Waals surface area contributed by atoms with Crippen molar-refractivity contribution in [2.75, 3.05) is 0 Å². The van der Waals surface area contributed by atoms with Crippen LogP contribution in [-0.2, 0) is 0 Å². The van der Waals surface area contributed by atoms with Crippen LogP contribution in [0, 0.1) is 0 Å². The molecule has 0 radical (unpaired) electrons. The van der Waals surface area contributed by atoms with Gasteiger partial charge in [0.15, 0.2) is 16.6 Å². The van der Waals surface area contributed by atoms with Crippen LogP contribution < -0.4 is 0 Å². The van der Waals surface area contributed by atoms with Gasteiger partial charge in [-0.1, -0.05) is 6.07 Å². The van der Waals surface area contributed by atoms with Gasteiger partial charge in [-0.15, -0.1) is 10.2 Å². The molecule has 5 nitrogen and oxygen atoms in total. The van der Waals surface area contributed by atoms with E-state index in [2.05, 4.69) is 15.2 Å². The van der Waals surface area contributed by atoms with Gasteiger partial charge in [0.25, 0.3) is 0 Å². The molecule has 19 heavy (non-hydrogen) atoms. The monoisotopic (exact) mass is 270 g/mol. The summed E-state index contributed by atoms with van der Waals surface area (Å²) in [5.74, 6) is -0.0375. The zero-order chi connectivity index (χ0) is 13.2. The standard InChI is InChI=1S/C13H10N4OS/c1-9(18)11-6-5-10(8-14-11)19-13-16-15-12-4-2-3-7-17(12)13/h2-8H,1H3. The molecule has 0 aliphatic heterocycles. The van der Waals surface area contributed by atoms with Crippen LogP contribution >= 0.6 is 11.8 Å². The second kappa shape index (κ2) is 4.81. The lowest BCUT2D eigenvalue weighted by Gasteiger charge is -2.00. The molecule has 0 aromatic carbocycles. The Kier molecular flexibility index (Phi) is 3.00. The van der Waals surface area contributed by atoms with Crippen LogP contribution in [0.5, 0.6) is 0 Å². The molecule has 0 N–H and O–H groups in total. The van der Waals surface area contributed by atoms with Gasteiger partial charge >= 0.3 is 0 Å². The van der Waals surface area contributed by atoms with Crippen molar-refractivity contribution >= 4 is 23.2 Å². The van der Waals surface area contributed by atoms with Crippen molar-refractivity contribution in [2.45, 2.75) is 17.0 Å². The maximum absolute atomic E-state index is 11.2. The first-order valence-corrected chi connectivity index (χ1v) is 6.50. The van der Waals surface area contributed by atoms with Gasteiger partial charge in [0.1, 0.15) is 5.69 Å². The van der Waals surface area contributed by atoms with Crippen LogP contribution in [-0.4, -0.2) is 25.4 Å². The minimum absolute atomic E-state index is 0.0375. The lowest BCUT2D eigenvalue weighted by atomic mass is 10.3. The maximum atomic E-state index is 11.2. The Morgan fingerprint density at radius 2 is 2.11 bits per heavy atom. The van der Waals surface area contributed by atoms with E-state index in [9.17, 15) is 4.79 Å². The Hall–Kier alpha value is -2.21. The third-order valence-electron chi connectivity index (χ3n) is 2.59. The van der Waals surface area contributed by atoms with Crippen molar-refractivity contribution in [3.05, 3.63) is 48.4 Å². The predicted molar refractivity (Wildman–Crippen MR) is 71.4 cm³/mol. The van der Waals surface area contributed by atoms with E-state index in [4.69, 9.17) is 0 Å². The van der Waals surface area contributed by atoms with Gasteiger partial charge in [-0.3, -0.25) is 14.2 Å². The normalized spacial score (nSPS) is 10.8. The zero-order valence-electron chi connectivity index (χ0n) is 10.1. The average molecular weight is 270 g/mol. The highest BCUT2D eigenvalue weighted by atomic mass is 32.2. The molecule has 0 aliphatic rings. The molecule has 0 amide bonds. The molecule has 0 fully saturated rings. The largest absolute Gasteiger partial charge is 0.293 e. The highest BCUT2D eigenvalue weighted by Crippen LogP contribution is 2.25. The van der Waals surface area contributed by atoms with Crippen molar-refractivity contribution in [1.29, 1.82) is 0 Å². The van der Waals surface area contributed by atoms with Gasteiger partial charge < -0.3 is 0 Å². The van der Waals surface area contributed by atoms with Crippen molar-refractivity contribution in [2.24, 2.45) is 0 Å². The smallest absolute Gasteiger partial charge is 0.200 e. The van der Waals surface area contributed by atoms with E-state index in [1.54, 1.807) is 12.3 Å². The molecule has 0 unspecified atom stereocenters. The van der Waals surface area contributed by atoms with Crippen LogP contribution in [0.25, 0.3) is 5.65 Å². The van der Waals surface area contributed by atoms with Crippen molar-refractivity contribution in [3.63, 3.8) is 0 Å². The van der Waals surface area contributed by atoms with E-state index >= 15 is 0 Å². The number of fused-ring (bicyclic) bond motifs is 1. The Bertz CT molecular complexity index is 736. The van der Waals surface area contributed by atoms with Gasteiger partial charge in [0, 0.05) is 24.2 Å². The zero-order valence-corrected chi connectivity index (χ0v) is 11.0. The molecule has 3 aromatic rings. The van der Waals surface area contributed by atoms with Gasteiger partial charge in [-0.05, 0) is 36.0 Å². The summed E-state index contributed by atoms with van der Waals surface area (Å²) in [4.78, 5) is 16.2. The molecule has 3 heterocycles. The summed E-state index contributed by atoms with van der Waals surface area (Å²) in [6, 6.07) is 9.32. The molecule has 6 heteroatoms. The summed E-state index contributed by atoms with van der Waals surface area (Å²) in [6.07, 6.45) is 3.58. The fraction of sp³-hybridized carbons (Fsp3) is 0.0769. The third-order valence-corrected chi connectivity index (χ3v) is 3.53. The van der Waals surface area contributed by atoms with Crippen molar-refractivity contribution in [3.8, 4) is 0 Å². The fourth-order valence-corrected chi connectivity index (χ4v) is 2.43. The number of nitrogens with zero attached hydrogens (tertiary/aromatic N) is 4. The van der Waals surface area contributed by atoms with E-state index in [0.29, 0.717) is 5.69 Å². The highest BCUT2D eigenvalue weighted by molar-refractivity contribution is 7.99. The second-order valence-corrected chi connectivity index (χ2v) is 4.99. The number of aromatic nitrogens is 4. The lowest BCUT2D eigenvalue weighted by molar-refractivity contribution is 0.101. The van der Waals surface area contributed by atoms with Crippen LogP contribution in [0.4, 0.5) is 0 Å². The van der Waals surface area contributed by atoms with Crippen LogP contribution in [0.15, 0.2) is 52.8 Å². The number of pyridine rings is 2. The second-order valence-electron chi connectivity index (χ2n) is 3.95. The lowest BCUT2D eigenvalue weighted by Crippen LogP contribution is -1.95. The van der Waals surface area contributed by atoms with Gasteiger partial charge in [-0.2, -0.15) is 0 Å². The Balaban J connectivity index is 1.90. The molecule has 0 aliphatic carbocycles. The predicted octanol–water partition coefficient (Wildman–Crippen LogP) is 2.48. The quantitative estimate of drug-likeness (QED) is 0.684. The molecule has 94 valence electrons. The SMILES string of the molecule is CC(=O)c1ccc(Sc2nnc3ccccn23)cn1. The summed E-state index contributed by atoms with van der Waals surface area (Å²) in [5.41, 5.74) is 1.27. The Morgan fingerprint density at radius 3 is 2.84 bits per heavy atom. The molecule has 0 bridgehead atoms. The molecular formula is C13H10N4OS. The van der Waals surface area contributed by atoms with Gasteiger partial charge in [0.05, 0.1) is 0 Å². The van der Waals surface area contributed by atoms with Crippen LogP contribution in [0.3, 0.4) is 0 Å². The summed E-state index contributed by atoms with van der Waals surface area (Å²) in [6.45, 7) is 1.50. The van der Waals surface area contributed by atoms with E-state index in [1.165, 1.54) is 18.7 Å². The van der Waals surface area contributed by atoms with Crippen LogP contribution in [0.1, 0.15) is 17.4 Å².